The van der Waals surface area contributed by atoms with Crippen molar-refractivity contribution >= 4 is 45.6 Å². The molecule has 2 N–H and O–H groups in total. The largest absolute Gasteiger partial charge is 0.356 e. The molecule has 10 heteroatoms. The van der Waals surface area contributed by atoms with Crippen LogP contribution >= 0.6 is 23.1 Å². The number of anilines is 1. The third kappa shape index (κ3) is 5.43. The molecule has 3 rings (SSSR count). The number of carbonyl (C=O) groups excluding carboxylic acids is 2. The number of nitro groups is 1. The van der Waals surface area contributed by atoms with Gasteiger partial charge in [0.05, 0.1) is 10.7 Å². The molecule has 0 fully saturated rings. The van der Waals surface area contributed by atoms with E-state index in [0.717, 1.165) is 5.56 Å². The second-order valence-electron chi connectivity index (χ2n) is 6.03. The van der Waals surface area contributed by atoms with E-state index in [2.05, 4.69) is 15.6 Å². The second-order valence-corrected chi connectivity index (χ2v) is 8.25. The van der Waals surface area contributed by atoms with Gasteiger partial charge in [-0.15, -0.1) is 0 Å². The highest BCUT2D eigenvalue weighted by molar-refractivity contribution is 8.01. The van der Waals surface area contributed by atoms with E-state index in [-0.39, 0.29) is 22.9 Å². The van der Waals surface area contributed by atoms with Crippen LogP contribution in [0.15, 0.2) is 58.9 Å². The molecular formula is C20H18N4O4S2. The van der Waals surface area contributed by atoms with Crippen molar-refractivity contribution in [1.29, 1.82) is 0 Å². The summed E-state index contributed by atoms with van der Waals surface area (Å²) in [5.74, 6) is -0.352. The van der Waals surface area contributed by atoms with Crippen LogP contribution in [0.2, 0.25) is 0 Å². The van der Waals surface area contributed by atoms with Gasteiger partial charge in [0, 0.05) is 29.8 Å². The fraction of sp³-hybridized carbons (Fsp3) is 0.150. The van der Waals surface area contributed by atoms with Crippen molar-refractivity contribution in [2.75, 3.05) is 17.6 Å². The fourth-order valence-electron chi connectivity index (χ4n) is 2.55. The zero-order valence-electron chi connectivity index (χ0n) is 16.0. The number of nitro benzene ring substituents is 1. The lowest BCUT2D eigenvalue weighted by Crippen LogP contribution is -2.24. The van der Waals surface area contributed by atoms with Crippen LogP contribution in [0.4, 0.5) is 10.7 Å². The summed E-state index contributed by atoms with van der Waals surface area (Å²) in [5.41, 5.74) is 1.41. The number of carbonyl (C=O) groups is 2. The highest BCUT2D eigenvalue weighted by Crippen LogP contribution is 2.37. The lowest BCUT2D eigenvalue weighted by Gasteiger charge is -2.05. The predicted molar refractivity (Wildman–Crippen MR) is 118 cm³/mol. The summed E-state index contributed by atoms with van der Waals surface area (Å²) in [6.07, 6.45) is 0. The summed E-state index contributed by atoms with van der Waals surface area (Å²) >= 11 is 2.54. The minimum Gasteiger partial charge on any atom is -0.356 e. The quantitative estimate of drug-likeness (QED) is 0.307. The van der Waals surface area contributed by atoms with Crippen molar-refractivity contribution in [1.82, 2.24) is 10.3 Å². The van der Waals surface area contributed by atoms with E-state index in [9.17, 15) is 19.7 Å². The van der Waals surface area contributed by atoms with Crippen LogP contribution in [0.3, 0.4) is 0 Å². The molecule has 1 heterocycles. The zero-order chi connectivity index (χ0) is 21.5. The van der Waals surface area contributed by atoms with Crippen LogP contribution in [0.1, 0.15) is 17.3 Å². The highest BCUT2D eigenvalue weighted by atomic mass is 32.2. The Morgan fingerprint density at radius 3 is 2.63 bits per heavy atom. The molecule has 0 saturated heterocycles. The first-order valence-corrected chi connectivity index (χ1v) is 10.8. The monoisotopic (exact) mass is 442 g/mol. The number of nitrogens with zero attached hydrogens (tertiary/aromatic N) is 2. The van der Waals surface area contributed by atoms with E-state index >= 15 is 0 Å². The Labute approximate surface area is 180 Å². The Balaban J connectivity index is 1.86. The fourth-order valence-corrected chi connectivity index (χ4v) is 4.44. The van der Waals surface area contributed by atoms with Gasteiger partial charge in [0.15, 0.2) is 4.34 Å². The molecule has 0 saturated carbocycles. The van der Waals surface area contributed by atoms with Gasteiger partial charge in [-0.2, -0.15) is 0 Å². The first kappa shape index (κ1) is 21.5. The molecule has 154 valence electrons. The molecule has 0 bridgehead atoms. The molecule has 3 aromatic rings. The molecule has 0 spiro atoms. The topological polar surface area (TPSA) is 114 Å². The lowest BCUT2D eigenvalue weighted by molar-refractivity contribution is -0.384. The van der Waals surface area contributed by atoms with Crippen LogP contribution in [0.5, 0.6) is 0 Å². The number of thiazole rings is 1. The standard InChI is InChI=1S/C20H18N4O4S2/c1-2-21-16(25)12-29-20-22-17(13-7-4-3-5-8-13)19(30-20)23-18(26)14-9-6-10-15(11-14)24(27)28/h3-11H,2,12H2,1H3,(H,21,25)(H,23,26). The molecule has 0 aliphatic heterocycles. The van der Waals surface area contributed by atoms with Crippen LogP contribution in [-0.4, -0.2) is 34.0 Å². The van der Waals surface area contributed by atoms with Gasteiger partial charge >= 0.3 is 0 Å². The number of thioether (sulfide) groups is 1. The summed E-state index contributed by atoms with van der Waals surface area (Å²) in [4.78, 5) is 39.5. The Morgan fingerprint density at radius 1 is 1.17 bits per heavy atom. The molecule has 0 radical (unpaired) electrons. The van der Waals surface area contributed by atoms with Crippen molar-refractivity contribution in [3.8, 4) is 11.3 Å². The minimum atomic E-state index is -0.547. The average molecular weight is 443 g/mol. The van der Waals surface area contributed by atoms with E-state index in [1.54, 1.807) is 0 Å². The van der Waals surface area contributed by atoms with Gasteiger partial charge in [-0.3, -0.25) is 19.7 Å². The molecule has 8 nitrogen and oxygen atoms in total. The normalized spacial score (nSPS) is 10.4. The van der Waals surface area contributed by atoms with Gasteiger partial charge in [-0.25, -0.2) is 4.98 Å². The maximum atomic E-state index is 12.7. The van der Waals surface area contributed by atoms with Crippen molar-refractivity contribution in [2.45, 2.75) is 11.3 Å². The lowest BCUT2D eigenvalue weighted by atomic mass is 10.1. The minimum absolute atomic E-state index is 0.0962. The van der Waals surface area contributed by atoms with Gasteiger partial charge in [0.2, 0.25) is 5.91 Å². The molecule has 0 atom stereocenters. The molecule has 2 aromatic carbocycles. The van der Waals surface area contributed by atoms with Crippen LogP contribution in [-0.2, 0) is 4.79 Å². The molecule has 0 aliphatic rings. The van der Waals surface area contributed by atoms with Crippen molar-refractivity contribution in [3.05, 3.63) is 70.3 Å². The van der Waals surface area contributed by atoms with Crippen LogP contribution in [0, 0.1) is 10.1 Å². The molecular weight excluding hydrogens is 424 g/mol. The van der Waals surface area contributed by atoms with Crippen molar-refractivity contribution < 1.29 is 14.5 Å². The molecule has 0 aliphatic carbocycles. The van der Waals surface area contributed by atoms with Gasteiger partial charge in [-0.1, -0.05) is 59.5 Å². The van der Waals surface area contributed by atoms with E-state index in [0.29, 0.717) is 21.6 Å². The van der Waals surface area contributed by atoms with Crippen molar-refractivity contribution in [2.24, 2.45) is 0 Å². The highest BCUT2D eigenvalue weighted by Gasteiger charge is 2.18. The van der Waals surface area contributed by atoms with Crippen molar-refractivity contribution in [3.63, 3.8) is 0 Å². The third-order valence-corrected chi connectivity index (χ3v) is 6.02. The Kier molecular flexibility index (Phi) is 7.15. The summed E-state index contributed by atoms with van der Waals surface area (Å²) in [5, 5.41) is 17.0. The van der Waals surface area contributed by atoms with E-state index in [1.165, 1.54) is 47.4 Å². The van der Waals surface area contributed by atoms with E-state index in [4.69, 9.17) is 0 Å². The van der Waals surface area contributed by atoms with E-state index in [1.807, 2.05) is 37.3 Å². The molecule has 2 amide bonds. The van der Waals surface area contributed by atoms with Gasteiger partial charge in [-0.05, 0) is 13.0 Å². The number of hydrogen-bond acceptors (Lipinski definition) is 7. The van der Waals surface area contributed by atoms with Crippen LogP contribution in [0.25, 0.3) is 11.3 Å². The average Bonchev–Trinajstić information content (AvgIpc) is 3.16. The SMILES string of the molecule is CCNC(=O)CSc1nc(-c2ccccc2)c(NC(=O)c2cccc([N+](=O)[O-])c2)s1. The van der Waals surface area contributed by atoms with E-state index < -0.39 is 10.8 Å². The summed E-state index contributed by atoms with van der Waals surface area (Å²) in [6, 6.07) is 14.9. The van der Waals surface area contributed by atoms with Gasteiger partial charge < -0.3 is 10.6 Å². The second kappa shape index (κ2) is 9.99. The molecule has 0 unspecified atom stereocenters. The Hall–Kier alpha value is -3.24. The van der Waals surface area contributed by atoms with Gasteiger partial charge in [0.25, 0.3) is 11.6 Å². The summed E-state index contributed by atoms with van der Waals surface area (Å²) < 4.78 is 0.634. The number of nitrogens with one attached hydrogen (secondary N) is 2. The zero-order valence-corrected chi connectivity index (χ0v) is 17.6. The number of amides is 2. The number of aromatic nitrogens is 1. The first-order chi connectivity index (χ1) is 14.5. The first-order valence-electron chi connectivity index (χ1n) is 8.99. The smallest absolute Gasteiger partial charge is 0.270 e. The van der Waals surface area contributed by atoms with Crippen LogP contribution < -0.4 is 10.6 Å². The third-order valence-electron chi connectivity index (χ3n) is 3.90. The van der Waals surface area contributed by atoms with Gasteiger partial charge in [0.1, 0.15) is 10.7 Å². The summed E-state index contributed by atoms with van der Waals surface area (Å²) in [7, 11) is 0. The number of non-ortho nitro benzene ring substituents is 1. The predicted octanol–water partition coefficient (Wildman–Crippen LogP) is 4.20. The summed E-state index contributed by atoms with van der Waals surface area (Å²) in [6.45, 7) is 2.40. The number of hydrogen-bond donors (Lipinski definition) is 2. The number of benzene rings is 2. The maximum absolute atomic E-state index is 12.7. The Bertz CT molecular complexity index is 1070. The molecule has 30 heavy (non-hydrogen) atoms. The Morgan fingerprint density at radius 2 is 1.93 bits per heavy atom. The molecule has 1 aromatic heterocycles. The maximum Gasteiger partial charge on any atom is 0.270 e. The number of rotatable bonds is 8.